The number of pyridine rings is 1. The second kappa shape index (κ2) is 7.59. The van der Waals surface area contributed by atoms with Crippen molar-refractivity contribution in [2.75, 3.05) is 29.4 Å². The Hall–Kier alpha value is -3.38. The summed E-state index contributed by atoms with van der Waals surface area (Å²) in [4.78, 5) is 28.7. The summed E-state index contributed by atoms with van der Waals surface area (Å²) >= 11 is 0. The van der Waals surface area contributed by atoms with Crippen molar-refractivity contribution in [2.24, 2.45) is 5.41 Å². The fourth-order valence-corrected chi connectivity index (χ4v) is 4.39. The van der Waals surface area contributed by atoms with Gasteiger partial charge < -0.3 is 4.90 Å². The molecule has 0 aromatic carbocycles. The van der Waals surface area contributed by atoms with Crippen LogP contribution in [0.4, 0.5) is 33.6 Å². The molecule has 5 rings (SSSR count). The molecule has 33 heavy (non-hydrogen) atoms. The first-order chi connectivity index (χ1) is 15.6. The molecule has 3 aromatic heterocycles. The molecule has 0 aliphatic carbocycles. The van der Waals surface area contributed by atoms with Crippen molar-refractivity contribution >= 4 is 28.7 Å². The second-order valence-corrected chi connectivity index (χ2v) is 8.39. The summed E-state index contributed by atoms with van der Waals surface area (Å²) in [6.45, 7) is 0.774. The van der Waals surface area contributed by atoms with Gasteiger partial charge in [-0.25, -0.2) is 28.4 Å². The average molecular weight is 467 g/mol. The van der Waals surface area contributed by atoms with Crippen LogP contribution >= 0.6 is 0 Å². The SMILES string of the molecule is O=C1CC2(CCN1c1cnc3cnn(CC(F)F)c3n1)CN(c1ccc(C(F)(F)F)cn1)C2. The van der Waals surface area contributed by atoms with Gasteiger partial charge in [-0.2, -0.15) is 18.3 Å². The molecular formula is C20H18F5N7O. The molecule has 1 spiro atoms. The summed E-state index contributed by atoms with van der Waals surface area (Å²) in [5.41, 5.74) is -0.548. The lowest BCUT2D eigenvalue weighted by molar-refractivity contribution is -0.137. The van der Waals surface area contributed by atoms with Crippen LogP contribution in [0.2, 0.25) is 0 Å². The molecule has 3 aromatic rings. The van der Waals surface area contributed by atoms with Gasteiger partial charge >= 0.3 is 6.18 Å². The summed E-state index contributed by atoms with van der Waals surface area (Å²) in [6.07, 6.45) is -2.57. The molecule has 2 aliphatic rings. The van der Waals surface area contributed by atoms with Crippen molar-refractivity contribution in [1.82, 2.24) is 24.7 Å². The van der Waals surface area contributed by atoms with E-state index in [-0.39, 0.29) is 29.2 Å². The van der Waals surface area contributed by atoms with Gasteiger partial charge in [0.25, 0.3) is 6.43 Å². The number of rotatable bonds is 4. The van der Waals surface area contributed by atoms with Crippen LogP contribution in [0.5, 0.6) is 0 Å². The average Bonchev–Trinajstić information content (AvgIpc) is 3.13. The molecule has 0 N–H and O–H groups in total. The lowest BCUT2D eigenvalue weighted by atomic mass is 9.71. The molecule has 2 saturated heterocycles. The maximum Gasteiger partial charge on any atom is 0.417 e. The summed E-state index contributed by atoms with van der Waals surface area (Å²) < 4.78 is 64.8. The van der Waals surface area contributed by atoms with Crippen molar-refractivity contribution in [3.63, 3.8) is 0 Å². The van der Waals surface area contributed by atoms with Crippen molar-refractivity contribution in [3.8, 4) is 0 Å². The van der Waals surface area contributed by atoms with Crippen molar-refractivity contribution < 1.29 is 26.7 Å². The summed E-state index contributed by atoms with van der Waals surface area (Å²) in [5.74, 6) is 0.543. The Kier molecular flexibility index (Phi) is 4.94. The van der Waals surface area contributed by atoms with Crippen LogP contribution in [0.25, 0.3) is 11.2 Å². The predicted molar refractivity (Wildman–Crippen MR) is 107 cm³/mol. The van der Waals surface area contributed by atoms with Gasteiger partial charge in [-0.05, 0) is 18.6 Å². The highest BCUT2D eigenvalue weighted by atomic mass is 19.4. The zero-order valence-electron chi connectivity index (χ0n) is 17.1. The van der Waals surface area contributed by atoms with Gasteiger partial charge in [-0.1, -0.05) is 0 Å². The number of nitrogens with zero attached hydrogens (tertiary/aromatic N) is 7. The fourth-order valence-electron chi connectivity index (χ4n) is 4.39. The minimum atomic E-state index is -4.44. The van der Waals surface area contributed by atoms with Crippen molar-refractivity contribution in [1.29, 1.82) is 0 Å². The quantitative estimate of drug-likeness (QED) is 0.549. The number of piperidine rings is 1. The molecule has 174 valence electrons. The van der Waals surface area contributed by atoms with Gasteiger partial charge in [0, 0.05) is 37.7 Å². The van der Waals surface area contributed by atoms with Crippen LogP contribution in [0.3, 0.4) is 0 Å². The molecule has 5 heterocycles. The third-order valence-electron chi connectivity index (χ3n) is 6.06. The van der Waals surface area contributed by atoms with Crippen LogP contribution in [0.1, 0.15) is 18.4 Å². The van der Waals surface area contributed by atoms with E-state index in [1.54, 1.807) is 0 Å². The molecule has 0 radical (unpaired) electrons. The van der Waals surface area contributed by atoms with E-state index in [4.69, 9.17) is 0 Å². The number of anilines is 2. The first-order valence-corrected chi connectivity index (χ1v) is 10.2. The van der Waals surface area contributed by atoms with Gasteiger partial charge in [0.15, 0.2) is 11.5 Å². The summed E-state index contributed by atoms with van der Waals surface area (Å²) in [7, 11) is 0. The standard InChI is InChI=1S/C20H18F5N7O/c21-14(22)9-32-18-13(7-28-32)26-8-16(29-18)31-4-3-19(5-17(31)33)10-30(11-19)15-2-1-12(6-27-15)20(23,24)25/h1-2,6-8,14H,3-5,9-11H2. The number of hydrogen-bond donors (Lipinski definition) is 0. The molecular weight excluding hydrogens is 449 g/mol. The molecule has 0 saturated carbocycles. The maximum atomic E-state index is 12.9. The Balaban J connectivity index is 1.26. The van der Waals surface area contributed by atoms with Crippen LogP contribution in [0.15, 0.2) is 30.7 Å². The zero-order chi connectivity index (χ0) is 23.4. The fraction of sp³-hybridized carbons (Fsp3) is 0.450. The summed E-state index contributed by atoms with van der Waals surface area (Å²) in [5, 5.41) is 3.88. The van der Waals surface area contributed by atoms with E-state index >= 15 is 0 Å². The minimum absolute atomic E-state index is 0.171. The number of hydrogen-bond acceptors (Lipinski definition) is 6. The third kappa shape index (κ3) is 3.95. The Morgan fingerprint density at radius 2 is 1.85 bits per heavy atom. The minimum Gasteiger partial charge on any atom is -0.355 e. The van der Waals surface area contributed by atoms with Crippen LogP contribution in [-0.2, 0) is 17.5 Å². The van der Waals surface area contributed by atoms with E-state index in [2.05, 4.69) is 20.1 Å². The Morgan fingerprint density at radius 3 is 2.48 bits per heavy atom. The van der Waals surface area contributed by atoms with Gasteiger partial charge in [0.2, 0.25) is 5.91 Å². The number of carbonyl (C=O) groups is 1. The second-order valence-electron chi connectivity index (χ2n) is 8.39. The predicted octanol–water partition coefficient (Wildman–Crippen LogP) is 3.14. The van der Waals surface area contributed by atoms with E-state index in [1.165, 1.54) is 23.4 Å². The third-order valence-corrected chi connectivity index (χ3v) is 6.06. The molecule has 0 unspecified atom stereocenters. The van der Waals surface area contributed by atoms with Gasteiger partial charge in [0.1, 0.15) is 17.9 Å². The Labute approximate surface area is 184 Å². The number of alkyl halides is 5. The molecule has 1 amide bonds. The molecule has 2 fully saturated rings. The maximum absolute atomic E-state index is 12.9. The van der Waals surface area contributed by atoms with Gasteiger partial charge in [-0.3, -0.25) is 9.69 Å². The lowest BCUT2D eigenvalue weighted by Crippen LogP contribution is -2.62. The first kappa shape index (κ1) is 21.5. The molecule has 13 heteroatoms. The highest BCUT2D eigenvalue weighted by molar-refractivity contribution is 5.94. The van der Waals surface area contributed by atoms with E-state index < -0.39 is 24.7 Å². The number of fused-ring (bicyclic) bond motifs is 1. The van der Waals surface area contributed by atoms with Crippen molar-refractivity contribution in [2.45, 2.75) is 32.0 Å². The summed E-state index contributed by atoms with van der Waals surface area (Å²) in [6, 6.07) is 2.33. The van der Waals surface area contributed by atoms with E-state index in [1.807, 2.05) is 4.90 Å². The van der Waals surface area contributed by atoms with Crippen LogP contribution < -0.4 is 9.80 Å². The van der Waals surface area contributed by atoms with E-state index in [0.29, 0.717) is 37.4 Å². The number of halogens is 5. The largest absolute Gasteiger partial charge is 0.417 e. The Bertz CT molecular complexity index is 1190. The smallest absolute Gasteiger partial charge is 0.355 e. The van der Waals surface area contributed by atoms with Gasteiger partial charge in [-0.15, -0.1) is 0 Å². The molecule has 0 bridgehead atoms. The van der Waals surface area contributed by atoms with Crippen molar-refractivity contribution in [3.05, 3.63) is 36.3 Å². The monoisotopic (exact) mass is 467 g/mol. The number of amides is 1. The van der Waals surface area contributed by atoms with E-state index in [0.717, 1.165) is 16.9 Å². The molecule has 0 atom stereocenters. The molecule has 8 nitrogen and oxygen atoms in total. The zero-order valence-corrected chi connectivity index (χ0v) is 17.1. The normalized spacial score (nSPS) is 18.4. The number of aromatic nitrogens is 5. The van der Waals surface area contributed by atoms with Crippen LogP contribution in [-0.4, -0.2) is 56.7 Å². The topological polar surface area (TPSA) is 80.0 Å². The lowest BCUT2D eigenvalue weighted by Gasteiger charge is -2.53. The Morgan fingerprint density at radius 1 is 1.06 bits per heavy atom. The molecule has 2 aliphatic heterocycles. The van der Waals surface area contributed by atoms with Gasteiger partial charge in [0.05, 0.1) is 18.0 Å². The van der Waals surface area contributed by atoms with E-state index in [9.17, 15) is 26.7 Å². The highest BCUT2D eigenvalue weighted by Gasteiger charge is 2.48. The number of carbonyl (C=O) groups excluding carboxylic acids is 1. The first-order valence-electron chi connectivity index (χ1n) is 10.2. The van der Waals surface area contributed by atoms with Crippen LogP contribution in [0, 0.1) is 5.41 Å². The highest BCUT2D eigenvalue weighted by Crippen LogP contribution is 2.43.